The normalized spacial score (nSPS) is 14.0. The molecule has 0 saturated carbocycles. The van der Waals surface area contributed by atoms with Crippen LogP contribution in [0.15, 0.2) is 58.0 Å². The molecule has 0 unspecified atom stereocenters. The van der Waals surface area contributed by atoms with E-state index in [-0.39, 0.29) is 11.7 Å². The van der Waals surface area contributed by atoms with E-state index in [1.165, 1.54) is 0 Å². The number of benzene rings is 2. The van der Waals surface area contributed by atoms with E-state index in [1.807, 2.05) is 19.1 Å². The molecule has 7 heteroatoms. The third kappa shape index (κ3) is 4.42. The Kier molecular flexibility index (Phi) is 6.07. The molecule has 7 nitrogen and oxygen atoms in total. The highest BCUT2D eigenvalue weighted by molar-refractivity contribution is 6.06. The Labute approximate surface area is 186 Å². The molecule has 4 rings (SSSR count). The van der Waals surface area contributed by atoms with Gasteiger partial charge in [-0.2, -0.15) is 5.10 Å². The maximum absolute atomic E-state index is 12.7. The number of ether oxygens (including phenoxy) is 2. The molecule has 2 aromatic carbocycles. The zero-order valence-electron chi connectivity index (χ0n) is 18.2. The number of aryl methyl sites for hydroxylation is 2. The van der Waals surface area contributed by atoms with E-state index in [0.29, 0.717) is 46.9 Å². The molecule has 164 valence electrons. The molecular formula is C25H24N2O5. The second-order valence-electron chi connectivity index (χ2n) is 7.64. The lowest BCUT2D eigenvalue weighted by atomic mass is 9.93. The summed E-state index contributed by atoms with van der Waals surface area (Å²) in [5.74, 6) is 0.981. The number of hydrogen-bond donors (Lipinski definition) is 1. The van der Waals surface area contributed by atoms with Gasteiger partial charge < -0.3 is 13.9 Å². The molecule has 0 aliphatic heterocycles. The van der Waals surface area contributed by atoms with Crippen molar-refractivity contribution in [2.75, 3.05) is 7.11 Å². The standard InChI is InChI=1S/C25H24N2O5/c1-15-10-12-18(13-11-15)31-25(29)23-16(2)22-20(8-5-9-21(22)32-23)26-27-24(28)17-6-4-7-19(14-17)30-3/h4,6-7,10-14H,5,8-9H2,1-3H3,(H,27,28)/b26-20+. The zero-order valence-corrected chi connectivity index (χ0v) is 18.2. The molecule has 1 aromatic heterocycles. The second-order valence-corrected chi connectivity index (χ2v) is 7.64. The maximum Gasteiger partial charge on any atom is 0.379 e. The summed E-state index contributed by atoms with van der Waals surface area (Å²) >= 11 is 0. The van der Waals surface area contributed by atoms with Gasteiger partial charge in [-0.05, 0) is 57.0 Å². The van der Waals surface area contributed by atoms with Crippen molar-refractivity contribution in [2.24, 2.45) is 5.10 Å². The molecule has 0 saturated heterocycles. The molecule has 1 aliphatic rings. The summed E-state index contributed by atoms with van der Waals surface area (Å²) in [6.45, 7) is 3.77. The Balaban J connectivity index is 1.55. The monoisotopic (exact) mass is 432 g/mol. The third-order valence-corrected chi connectivity index (χ3v) is 5.37. The Bertz CT molecular complexity index is 1190. The summed E-state index contributed by atoms with van der Waals surface area (Å²) < 4.78 is 16.5. The SMILES string of the molecule is COc1cccc(C(=O)N/N=C2\CCCc3oc(C(=O)Oc4ccc(C)cc4)c(C)c32)c1. The summed E-state index contributed by atoms with van der Waals surface area (Å²) in [5.41, 5.74) is 6.22. The van der Waals surface area contributed by atoms with Crippen molar-refractivity contribution in [3.63, 3.8) is 0 Å². The number of carbonyl (C=O) groups excluding carboxylic acids is 2. The first-order valence-electron chi connectivity index (χ1n) is 10.4. The third-order valence-electron chi connectivity index (χ3n) is 5.37. The molecule has 1 heterocycles. The molecule has 3 aromatic rings. The van der Waals surface area contributed by atoms with Crippen LogP contribution in [0.1, 0.15) is 56.2 Å². The van der Waals surface area contributed by atoms with Crippen molar-refractivity contribution in [1.82, 2.24) is 5.43 Å². The van der Waals surface area contributed by atoms with E-state index < -0.39 is 5.97 Å². The lowest BCUT2D eigenvalue weighted by molar-refractivity contribution is 0.0698. The molecule has 0 fully saturated rings. The van der Waals surface area contributed by atoms with Crippen LogP contribution >= 0.6 is 0 Å². The summed E-state index contributed by atoms with van der Waals surface area (Å²) in [7, 11) is 1.55. The molecule has 0 radical (unpaired) electrons. The average molecular weight is 432 g/mol. The smallest absolute Gasteiger partial charge is 0.379 e. The van der Waals surface area contributed by atoms with Gasteiger partial charge in [0, 0.05) is 23.1 Å². The van der Waals surface area contributed by atoms with Crippen LogP contribution in [0.4, 0.5) is 0 Å². The van der Waals surface area contributed by atoms with Crippen LogP contribution < -0.4 is 14.9 Å². The average Bonchev–Trinajstić information content (AvgIpc) is 3.16. The fourth-order valence-electron chi connectivity index (χ4n) is 3.68. The van der Waals surface area contributed by atoms with Crippen LogP contribution in [-0.4, -0.2) is 24.7 Å². The predicted molar refractivity (Wildman–Crippen MR) is 120 cm³/mol. The highest BCUT2D eigenvalue weighted by Gasteiger charge is 2.29. The Morgan fingerprint density at radius 3 is 2.56 bits per heavy atom. The number of nitrogens with zero attached hydrogens (tertiary/aromatic N) is 1. The van der Waals surface area contributed by atoms with Gasteiger partial charge in [0.15, 0.2) is 0 Å². The number of esters is 1. The van der Waals surface area contributed by atoms with Crippen molar-refractivity contribution in [2.45, 2.75) is 33.1 Å². The minimum absolute atomic E-state index is 0.157. The lowest BCUT2D eigenvalue weighted by Gasteiger charge is -2.13. The molecule has 1 amide bonds. The van der Waals surface area contributed by atoms with Crippen LogP contribution in [-0.2, 0) is 6.42 Å². The zero-order chi connectivity index (χ0) is 22.7. The van der Waals surface area contributed by atoms with Gasteiger partial charge in [-0.1, -0.05) is 23.8 Å². The number of furan rings is 1. The van der Waals surface area contributed by atoms with Crippen LogP contribution in [0.5, 0.6) is 11.5 Å². The van der Waals surface area contributed by atoms with Crippen LogP contribution in [0, 0.1) is 13.8 Å². The number of fused-ring (bicyclic) bond motifs is 1. The van der Waals surface area contributed by atoms with E-state index >= 15 is 0 Å². The molecule has 0 bridgehead atoms. The molecule has 1 N–H and O–H groups in total. The first kappa shape index (κ1) is 21.4. The molecule has 0 spiro atoms. The van der Waals surface area contributed by atoms with Gasteiger partial charge >= 0.3 is 5.97 Å². The summed E-state index contributed by atoms with van der Waals surface area (Å²) in [4.78, 5) is 25.2. The van der Waals surface area contributed by atoms with Gasteiger partial charge in [0.25, 0.3) is 5.91 Å². The number of carbonyl (C=O) groups is 2. The number of hydrogen-bond acceptors (Lipinski definition) is 6. The van der Waals surface area contributed by atoms with Crippen LogP contribution in [0.2, 0.25) is 0 Å². The molecule has 1 aliphatic carbocycles. The molecule has 32 heavy (non-hydrogen) atoms. The first-order chi connectivity index (χ1) is 15.5. The van der Waals surface area contributed by atoms with Crippen molar-refractivity contribution >= 4 is 17.6 Å². The first-order valence-corrected chi connectivity index (χ1v) is 10.4. The number of hydrazone groups is 1. The topological polar surface area (TPSA) is 90.1 Å². The lowest BCUT2D eigenvalue weighted by Crippen LogP contribution is -2.22. The van der Waals surface area contributed by atoms with Gasteiger partial charge in [-0.15, -0.1) is 0 Å². The highest BCUT2D eigenvalue weighted by atomic mass is 16.5. The van der Waals surface area contributed by atoms with E-state index in [9.17, 15) is 9.59 Å². The number of rotatable bonds is 5. The van der Waals surface area contributed by atoms with Crippen molar-refractivity contribution < 1.29 is 23.5 Å². The van der Waals surface area contributed by atoms with Gasteiger partial charge in [0.2, 0.25) is 5.76 Å². The fourth-order valence-corrected chi connectivity index (χ4v) is 3.68. The molecule has 0 atom stereocenters. The van der Waals surface area contributed by atoms with E-state index in [0.717, 1.165) is 17.5 Å². The van der Waals surface area contributed by atoms with Crippen LogP contribution in [0.25, 0.3) is 0 Å². The highest BCUT2D eigenvalue weighted by Crippen LogP contribution is 2.30. The quantitative estimate of drug-likeness (QED) is 0.362. The van der Waals surface area contributed by atoms with Crippen LogP contribution in [0.3, 0.4) is 0 Å². The fraction of sp³-hybridized carbons (Fsp3) is 0.240. The largest absolute Gasteiger partial charge is 0.497 e. The van der Waals surface area contributed by atoms with Crippen molar-refractivity contribution in [3.05, 3.63) is 82.3 Å². The second kappa shape index (κ2) is 9.09. The van der Waals surface area contributed by atoms with Gasteiger partial charge in [0.1, 0.15) is 17.3 Å². The predicted octanol–water partition coefficient (Wildman–Crippen LogP) is 4.59. The summed E-state index contributed by atoms with van der Waals surface area (Å²) in [6, 6.07) is 14.1. The Morgan fingerprint density at radius 1 is 1.03 bits per heavy atom. The summed E-state index contributed by atoms with van der Waals surface area (Å²) in [6.07, 6.45) is 2.16. The van der Waals surface area contributed by atoms with E-state index in [4.69, 9.17) is 13.9 Å². The van der Waals surface area contributed by atoms with Gasteiger partial charge in [-0.3, -0.25) is 4.79 Å². The van der Waals surface area contributed by atoms with E-state index in [1.54, 1.807) is 50.4 Å². The minimum Gasteiger partial charge on any atom is -0.497 e. The molecular weight excluding hydrogens is 408 g/mol. The minimum atomic E-state index is -0.555. The van der Waals surface area contributed by atoms with E-state index in [2.05, 4.69) is 10.5 Å². The number of nitrogens with one attached hydrogen (secondary N) is 1. The van der Waals surface area contributed by atoms with Gasteiger partial charge in [0.05, 0.1) is 12.8 Å². The number of methoxy groups -OCH3 is 1. The summed E-state index contributed by atoms with van der Waals surface area (Å²) in [5, 5.41) is 4.35. The Morgan fingerprint density at radius 2 is 1.81 bits per heavy atom. The number of amides is 1. The van der Waals surface area contributed by atoms with Crippen molar-refractivity contribution in [3.8, 4) is 11.5 Å². The maximum atomic E-state index is 12.7. The van der Waals surface area contributed by atoms with Gasteiger partial charge in [-0.25, -0.2) is 10.2 Å². The van der Waals surface area contributed by atoms with Crippen molar-refractivity contribution in [1.29, 1.82) is 0 Å². The Hall–Kier alpha value is -3.87.